The summed E-state index contributed by atoms with van der Waals surface area (Å²) in [5.41, 5.74) is 0. The Kier molecular flexibility index (Phi) is 5.82. The second-order valence-corrected chi connectivity index (χ2v) is 6.81. The number of carbonyl (C=O) groups excluding carboxylic acids is 1. The smallest absolute Gasteiger partial charge is 0.317 e. The van der Waals surface area contributed by atoms with Gasteiger partial charge in [0.2, 0.25) is 0 Å². The van der Waals surface area contributed by atoms with E-state index in [9.17, 15) is 4.79 Å². The molecule has 5 heteroatoms. The van der Waals surface area contributed by atoms with Crippen molar-refractivity contribution in [2.45, 2.75) is 62.3 Å². The second kappa shape index (κ2) is 7.39. The third-order valence-corrected chi connectivity index (χ3v) is 5.49. The third-order valence-electron chi connectivity index (χ3n) is 4.40. The lowest BCUT2D eigenvalue weighted by molar-refractivity contribution is 0.129. The van der Waals surface area contributed by atoms with Gasteiger partial charge in [-0.1, -0.05) is 0 Å². The average molecular weight is 286 g/mol. The van der Waals surface area contributed by atoms with Crippen LogP contribution in [0.2, 0.25) is 0 Å². The van der Waals surface area contributed by atoms with Crippen LogP contribution in [0.4, 0.5) is 4.79 Å². The summed E-state index contributed by atoms with van der Waals surface area (Å²) >= 11 is 1.91. The highest BCUT2D eigenvalue weighted by Gasteiger charge is 2.30. The summed E-state index contributed by atoms with van der Waals surface area (Å²) in [5.74, 6) is 0. The van der Waals surface area contributed by atoms with Gasteiger partial charge in [-0.3, -0.25) is 0 Å². The van der Waals surface area contributed by atoms with E-state index < -0.39 is 0 Å². The summed E-state index contributed by atoms with van der Waals surface area (Å²) in [5, 5.41) is 13.0. The molecule has 3 atom stereocenters. The highest BCUT2D eigenvalue weighted by molar-refractivity contribution is 7.99. The molecule has 110 valence electrons. The molecule has 3 unspecified atom stereocenters. The Morgan fingerprint density at radius 1 is 1.37 bits per heavy atom. The Morgan fingerprint density at radius 3 is 2.89 bits per heavy atom. The monoisotopic (exact) mass is 286 g/mol. The Balaban J connectivity index is 1.84. The standard InChI is InChI=1S/C14H26N2O2S/c1-19-13-6-5-11(10-13)15-14(18)16-8-3-2-4-12(16)7-9-17/h11-13,17H,2-10H2,1H3,(H,15,18). The molecule has 0 spiro atoms. The van der Waals surface area contributed by atoms with Gasteiger partial charge in [-0.05, 0) is 51.2 Å². The van der Waals surface area contributed by atoms with Crippen molar-refractivity contribution >= 4 is 17.8 Å². The van der Waals surface area contributed by atoms with Crippen molar-refractivity contribution in [1.82, 2.24) is 10.2 Å². The van der Waals surface area contributed by atoms with Crippen molar-refractivity contribution in [3.05, 3.63) is 0 Å². The zero-order valence-electron chi connectivity index (χ0n) is 11.8. The van der Waals surface area contributed by atoms with E-state index in [0.717, 1.165) is 32.2 Å². The minimum atomic E-state index is 0.0879. The van der Waals surface area contributed by atoms with E-state index in [1.165, 1.54) is 12.8 Å². The molecule has 0 radical (unpaired) electrons. The maximum Gasteiger partial charge on any atom is 0.317 e. The number of carbonyl (C=O) groups is 1. The summed E-state index contributed by atoms with van der Waals surface area (Å²) in [7, 11) is 0. The maximum absolute atomic E-state index is 12.4. The van der Waals surface area contributed by atoms with Crippen molar-refractivity contribution in [1.29, 1.82) is 0 Å². The Hall–Kier alpha value is -0.420. The number of amides is 2. The number of nitrogens with zero attached hydrogens (tertiary/aromatic N) is 1. The fourth-order valence-corrected chi connectivity index (χ4v) is 4.06. The molecule has 1 aliphatic carbocycles. The van der Waals surface area contributed by atoms with Gasteiger partial charge in [0, 0.05) is 30.5 Å². The number of thioether (sulfide) groups is 1. The zero-order chi connectivity index (χ0) is 13.7. The van der Waals surface area contributed by atoms with Crippen molar-refractivity contribution in [2.24, 2.45) is 0 Å². The summed E-state index contributed by atoms with van der Waals surface area (Å²) in [6.45, 7) is 1.02. The number of aliphatic hydroxyl groups excluding tert-OH is 1. The van der Waals surface area contributed by atoms with Gasteiger partial charge >= 0.3 is 6.03 Å². The average Bonchev–Trinajstić information content (AvgIpc) is 2.87. The molecule has 4 nitrogen and oxygen atoms in total. The molecular formula is C14H26N2O2S. The van der Waals surface area contributed by atoms with Crippen LogP contribution in [-0.4, -0.2) is 52.8 Å². The fourth-order valence-electron chi connectivity index (χ4n) is 3.26. The van der Waals surface area contributed by atoms with E-state index in [1.54, 1.807) is 0 Å². The molecule has 2 aliphatic rings. The van der Waals surface area contributed by atoms with Gasteiger partial charge < -0.3 is 15.3 Å². The van der Waals surface area contributed by atoms with Gasteiger partial charge in [0.1, 0.15) is 0 Å². The molecule has 0 bridgehead atoms. The first-order valence-corrected chi connectivity index (χ1v) is 8.74. The molecule has 0 aromatic rings. The van der Waals surface area contributed by atoms with Crippen LogP contribution in [-0.2, 0) is 0 Å². The topological polar surface area (TPSA) is 52.6 Å². The number of piperidine rings is 1. The lowest BCUT2D eigenvalue weighted by Crippen LogP contribution is -2.51. The Morgan fingerprint density at radius 2 is 2.21 bits per heavy atom. The quantitative estimate of drug-likeness (QED) is 0.833. The van der Waals surface area contributed by atoms with Gasteiger partial charge in [-0.15, -0.1) is 0 Å². The highest BCUT2D eigenvalue weighted by atomic mass is 32.2. The van der Waals surface area contributed by atoms with E-state index >= 15 is 0 Å². The minimum Gasteiger partial charge on any atom is -0.396 e. The maximum atomic E-state index is 12.4. The predicted octanol–water partition coefficient (Wildman–Crippen LogP) is 2.22. The summed E-state index contributed by atoms with van der Waals surface area (Å²) in [6.07, 6.45) is 9.58. The number of nitrogens with one attached hydrogen (secondary N) is 1. The van der Waals surface area contributed by atoms with E-state index in [-0.39, 0.29) is 18.7 Å². The van der Waals surface area contributed by atoms with Crippen LogP contribution in [0.25, 0.3) is 0 Å². The lowest BCUT2D eigenvalue weighted by atomic mass is 10.00. The van der Waals surface area contributed by atoms with Gasteiger partial charge in [0.15, 0.2) is 0 Å². The molecule has 2 rings (SSSR count). The summed E-state index contributed by atoms with van der Waals surface area (Å²) in [6, 6.07) is 0.669. The summed E-state index contributed by atoms with van der Waals surface area (Å²) < 4.78 is 0. The molecule has 2 fully saturated rings. The molecule has 2 N–H and O–H groups in total. The molecule has 1 saturated heterocycles. The van der Waals surface area contributed by atoms with Gasteiger partial charge in [0.25, 0.3) is 0 Å². The van der Waals surface area contributed by atoms with E-state index in [1.807, 2.05) is 16.7 Å². The van der Waals surface area contributed by atoms with Crippen molar-refractivity contribution in [3.63, 3.8) is 0 Å². The molecule has 1 heterocycles. The largest absolute Gasteiger partial charge is 0.396 e. The first kappa shape index (κ1) is 15.0. The number of urea groups is 1. The number of likely N-dealkylation sites (tertiary alicyclic amines) is 1. The van der Waals surface area contributed by atoms with Crippen LogP contribution in [0.5, 0.6) is 0 Å². The van der Waals surface area contributed by atoms with Crippen LogP contribution in [0.15, 0.2) is 0 Å². The van der Waals surface area contributed by atoms with Crippen molar-refractivity contribution in [2.75, 3.05) is 19.4 Å². The number of hydrogen-bond donors (Lipinski definition) is 2. The van der Waals surface area contributed by atoms with Crippen LogP contribution in [0.3, 0.4) is 0 Å². The molecular weight excluding hydrogens is 260 g/mol. The van der Waals surface area contributed by atoms with Crippen molar-refractivity contribution in [3.8, 4) is 0 Å². The van der Waals surface area contributed by atoms with Gasteiger partial charge in [-0.2, -0.15) is 11.8 Å². The molecule has 19 heavy (non-hydrogen) atoms. The lowest BCUT2D eigenvalue weighted by Gasteiger charge is -2.36. The molecule has 2 amide bonds. The molecule has 1 aliphatic heterocycles. The Bertz CT molecular complexity index is 299. The minimum absolute atomic E-state index is 0.0879. The fraction of sp³-hybridized carbons (Fsp3) is 0.929. The number of rotatable bonds is 4. The van der Waals surface area contributed by atoms with Gasteiger partial charge in [0.05, 0.1) is 0 Å². The van der Waals surface area contributed by atoms with Crippen LogP contribution in [0, 0.1) is 0 Å². The SMILES string of the molecule is CSC1CCC(NC(=O)N2CCCCC2CCO)C1. The van der Waals surface area contributed by atoms with Crippen LogP contribution in [0.1, 0.15) is 44.9 Å². The van der Waals surface area contributed by atoms with E-state index in [4.69, 9.17) is 5.11 Å². The Labute approximate surface area is 120 Å². The highest BCUT2D eigenvalue weighted by Crippen LogP contribution is 2.28. The zero-order valence-corrected chi connectivity index (χ0v) is 12.6. The number of hydrogen-bond acceptors (Lipinski definition) is 3. The normalized spacial score (nSPS) is 31.5. The summed E-state index contributed by atoms with van der Waals surface area (Å²) in [4.78, 5) is 14.3. The molecule has 0 aromatic carbocycles. The van der Waals surface area contributed by atoms with Crippen molar-refractivity contribution < 1.29 is 9.90 Å². The van der Waals surface area contributed by atoms with Gasteiger partial charge in [-0.25, -0.2) is 4.79 Å². The third kappa shape index (κ3) is 4.02. The first-order valence-electron chi connectivity index (χ1n) is 7.45. The molecule has 1 saturated carbocycles. The second-order valence-electron chi connectivity index (χ2n) is 5.67. The predicted molar refractivity (Wildman–Crippen MR) is 79.5 cm³/mol. The van der Waals surface area contributed by atoms with Crippen LogP contribution >= 0.6 is 11.8 Å². The molecule has 0 aromatic heterocycles. The van der Waals surface area contributed by atoms with E-state index in [0.29, 0.717) is 17.7 Å². The van der Waals surface area contributed by atoms with E-state index in [2.05, 4.69) is 11.6 Å². The number of aliphatic hydroxyl groups is 1. The van der Waals surface area contributed by atoms with Crippen LogP contribution < -0.4 is 5.32 Å². The first-order chi connectivity index (χ1) is 9.24.